The first kappa shape index (κ1) is 22.6. The molecule has 2 aromatic heterocycles. The van der Waals surface area contributed by atoms with Crippen molar-refractivity contribution in [1.82, 2.24) is 19.8 Å². The SMILES string of the molecule is CCC(C)(C)NC(=O)C(c1ccc(C)o1)N(Cc1ccccc1F)C(=O)c1csnn1. The van der Waals surface area contributed by atoms with Crippen LogP contribution in [0, 0.1) is 12.7 Å². The standard InChI is InChI=1S/C22H25FN4O3S/c1-5-22(3,4)24-20(28)19(18-11-10-14(2)30-18)27(21(29)17-13-31-26-25-17)12-15-8-6-7-9-16(15)23/h6-11,13,19H,5,12H2,1-4H3,(H,24,28). The Balaban J connectivity index is 2.08. The van der Waals surface area contributed by atoms with Gasteiger partial charge in [-0.2, -0.15) is 0 Å². The molecule has 31 heavy (non-hydrogen) atoms. The van der Waals surface area contributed by atoms with Crippen LogP contribution < -0.4 is 5.32 Å². The Morgan fingerprint density at radius 2 is 2.00 bits per heavy atom. The Morgan fingerprint density at radius 1 is 1.26 bits per heavy atom. The van der Waals surface area contributed by atoms with E-state index in [-0.39, 0.29) is 23.6 Å². The molecule has 0 aliphatic rings. The van der Waals surface area contributed by atoms with Gasteiger partial charge in [-0.1, -0.05) is 29.6 Å². The van der Waals surface area contributed by atoms with Gasteiger partial charge in [0.05, 0.1) is 6.54 Å². The number of nitrogens with zero attached hydrogens (tertiary/aromatic N) is 3. The van der Waals surface area contributed by atoms with E-state index in [0.29, 0.717) is 12.2 Å². The van der Waals surface area contributed by atoms with Gasteiger partial charge in [-0.3, -0.25) is 9.59 Å². The monoisotopic (exact) mass is 444 g/mol. The van der Waals surface area contributed by atoms with Crippen molar-refractivity contribution < 1.29 is 18.4 Å². The predicted octanol–water partition coefficient (Wildman–Crippen LogP) is 4.27. The minimum Gasteiger partial charge on any atom is -0.464 e. The van der Waals surface area contributed by atoms with E-state index in [4.69, 9.17) is 4.42 Å². The number of benzene rings is 1. The molecule has 0 spiro atoms. The molecule has 2 amide bonds. The predicted molar refractivity (Wildman–Crippen MR) is 115 cm³/mol. The Labute approximate surface area is 184 Å². The topological polar surface area (TPSA) is 88.3 Å². The molecule has 0 saturated heterocycles. The van der Waals surface area contributed by atoms with Gasteiger partial charge in [-0.15, -0.1) is 5.10 Å². The van der Waals surface area contributed by atoms with Gasteiger partial charge in [0.2, 0.25) is 0 Å². The first-order valence-electron chi connectivity index (χ1n) is 9.91. The molecular weight excluding hydrogens is 419 g/mol. The maximum Gasteiger partial charge on any atom is 0.276 e. The fraction of sp³-hybridized carbons (Fsp3) is 0.364. The lowest BCUT2D eigenvalue weighted by atomic mass is 10.0. The summed E-state index contributed by atoms with van der Waals surface area (Å²) in [7, 11) is 0. The third kappa shape index (κ3) is 5.35. The number of furan rings is 1. The van der Waals surface area contributed by atoms with E-state index in [9.17, 15) is 14.0 Å². The molecule has 1 aromatic carbocycles. The van der Waals surface area contributed by atoms with Crippen LogP contribution in [0.15, 0.2) is 46.2 Å². The number of amides is 2. The van der Waals surface area contributed by atoms with Crippen molar-refractivity contribution in [3.05, 3.63) is 70.4 Å². The Bertz CT molecular complexity index is 1050. The van der Waals surface area contributed by atoms with Crippen LogP contribution in [0.5, 0.6) is 0 Å². The van der Waals surface area contributed by atoms with Gasteiger partial charge in [0, 0.05) is 16.5 Å². The fourth-order valence-electron chi connectivity index (χ4n) is 3.01. The first-order chi connectivity index (χ1) is 14.7. The van der Waals surface area contributed by atoms with E-state index in [2.05, 4.69) is 14.9 Å². The Kier molecular flexibility index (Phi) is 6.84. The minimum absolute atomic E-state index is 0.0807. The molecule has 7 nitrogen and oxygen atoms in total. The third-order valence-electron chi connectivity index (χ3n) is 5.07. The summed E-state index contributed by atoms with van der Waals surface area (Å²) in [6.07, 6.45) is 0.680. The summed E-state index contributed by atoms with van der Waals surface area (Å²) in [5, 5.41) is 8.32. The second kappa shape index (κ2) is 9.38. The van der Waals surface area contributed by atoms with Gasteiger partial charge in [0.15, 0.2) is 11.7 Å². The lowest BCUT2D eigenvalue weighted by Crippen LogP contribution is -2.50. The van der Waals surface area contributed by atoms with Crippen LogP contribution in [-0.2, 0) is 11.3 Å². The van der Waals surface area contributed by atoms with Crippen molar-refractivity contribution in [2.75, 3.05) is 0 Å². The van der Waals surface area contributed by atoms with Gasteiger partial charge in [0.25, 0.3) is 11.8 Å². The highest BCUT2D eigenvalue weighted by Gasteiger charge is 2.37. The van der Waals surface area contributed by atoms with Crippen LogP contribution >= 0.6 is 11.5 Å². The fourth-order valence-corrected chi connectivity index (χ4v) is 3.44. The van der Waals surface area contributed by atoms with Crippen LogP contribution in [0.2, 0.25) is 0 Å². The average Bonchev–Trinajstić information content (AvgIpc) is 3.40. The van der Waals surface area contributed by atoms with E-state index in [1.165, 1.54) is 16.3 Å². The average molecular weight is 445 g/mol. The van der Waals surface area contributed by atoms with Gasteiger partial charge in [0.1, 0.15) is 17.3 Å². The first-order valence-corrected chi connectivity index (χ1v) is 10.8. The van der Waals surface area contributed by atoms with Gasteiger partial charge >= 0.3 is 0 Å². The molecule has 3 rings (SSSR count). The van der Waals surface area contributed by atoms with Gasteiger partial charge < -0.3 is 14.6 Å². The lowest BCUT2D eigenvalue weighted by molar-refractivity contribution is -0.128. The molecule has 164 valence electrons. The summed E-state index contributed by atoms with van der Waals surface area (Å²) in [5.74, 6) is -0.555. The normalized spacial score (nSPS) is 12.4. The van der Waals surface area contributed by atoms with Crippen molar-refractivity contribution in [1.29, 1.82) is 0 Å². The van der Waals surface area contributed by atoms with E-state index < -0.39 is 29.2 Å². The molecule has 0 aliphatic heterocycles. The number of nitrogens with one attached hydrogen (secondary N) is 1. The van der Waals surface area contributed by atoms with E-state index >= 15 is 0 Å². The van der Waals surface area contributed by atoms with E-state index in [1.807, 2.05) is 20.8 Å². The van der Waals surface area contributed by atoms with Crippen molar-refractivity contribution in [3.8, 4) is 0 Å². The highest BCUT2D eigenvalue weighted by molar-refractivity contribution is 7.03. The second-order valence-electron chi connectivity index (χ2n) is 7.89. The molecule has 0 aliphatic carbocycles. The molecule has 1 N–H and O–H groups in total. The molecule has 1 unspecified atom stereocenters. The molecule has 2 heterocycles. The zero-order valence-corrected chi connectivity index (χ0v) is 18.7. The summed E-state index contributed by atoms with van der Waals surface area (Å²) in [5.41, 5.74) is -0.154. The molecule has 3 aromatic rings. The number of aromatic nitrogens is 2. The summed E-state index contributed by atoms with van der Waals surface area (Å²) in [6.45, 7) is 7.34. The summed E-state index contributed by atoms with van der Waals surface area (Å²) in [4.78, 5) is 28.1. The molecule has 0 fully saturated rings. The van der Waals surface area contributed by atoms with E-state index in [1.54, 1.807) is 37.3 Å². The zero-order valence-electron chi connectivity index (χ0n) is 17.9. The highest BCUT2D eigenvalue weighted by Crippen LogP contribution is 2.28. The van der Waals surface area contributed by atoms with Gasteiger partial charge in [-0.25, -0.2) is 4.39 Å². The summed E-state index contributed by atoms with van der Waals surface area (Å²) >= 11 is 1.02. The molecule has 9 heteroatoms. The molecule has 0 bridgehead atoms. The van der Waals surface area contributed by atoms with Crippen molar-refractivity contribution >= 4 is 23.3 Å². The van der Waals surface area contributed by atoms with Crippen LogP contribution in [0.1, 0.15) is 60.8 Å². The van der Waals surface area contributed by atoms with Crippen molar-refractivity contribution in [3.63, 3.8) is 0 Å². The Morgan fingerprint density at radius 3 is 2.58 bits per heavy atom. The summed E-state index contributed by atoms with van der Waals surface area (Å²) in [6, 6.07) is 8.39. The van der Waals surface area contributed by atoms with Crippen molar-refractivity contribution in [2.24, 2.45) is 0 Å². The quantitative estimate of drug-likeness (QED) is 0.561. The lowest BCUT2D eigenvalue weighted by Gasteiger charge is -2.33. The van der Waals surface area contributed by atoms with Crippen molar-refractivity contribution in [2.45, 2.75) is 52.2 Å². The number of hydrogen-bond acceptors (Lipinski definition) is 6. The number of aryl methyl sites for hydroxylation is 1. The molecule has 0 radical (unpaired) electrons. The number of hydrogen-bond donors (Lipinski definition) is 1. The number of carbonyl (C=O) groups excluding carboxylic acids is 2. The smallest absolute Gasteiger partial charge is 0.276 e. The number of rotatable bonds is 8. The van der Waals surface area contributed by atoms with Crippen LogP contribution in [0.3, 0.4) is 0 Å². The second-order valence-corrected chi connectivity index (χ2v) is 8.50. The zero-order chi connectivity index (χ0) is 22.6. The largest absolute Gasteiger partial charge is 0.464 e. The van der Waals surface area contributed by atoms with Crippen LogP contribution in [-0.4, -0.2) is 31.8 Å². The molecular formula is C22H25FN4O3S. The van der Waals surface area contributed by atoms with E-state index in [0.717, 1.165) is 11.5 Å². The van der Waals surface area contributed by atoms with Crippen LogP contribution in [0.25, 0.3) is 0 Å². The maximum absolute atomic E-state index is 14.5. The number of halogens is 1. The Hall–Kier alpha value is -3.07. The minimum atomic E-state index is -1.12. The maximum atomic E-state index is 14.5. The highest BCUT2D eigenvalue weighted by atomic mass is 32.1. The molecule has 0 saturated carbocycles. The summed E-state index contributed by atoms with van der Waals surface area (Å²) < 4.78 is 24.0. The molecule has 1 atom stereocenters. The number of carbonyl (C=O) groups is 2. The third-order valence-corrected chi connectivity index (χ3v) is 5.58. The van der Waals surface area contributed by atoms with Gasteiger partial charge in [-0.05, 0) is 56.9 Å². The van der Waals surface area contributed by atoms with Crippen LogP contribution in [0.4, 0.5) is 4.39 Å².